The first-order valence-electron chi connectivity index (χ1n) is 8.45. The smallest absolute Gasteiger partial charge is 0.223 e. The third-order valence-corrected chi connectivity index (χ3v) is 4.64. The van der Waals surface area contributed by atoms with E-state index in [2.05, 4.69) is 5.32 Å². The molecule has 136 valence electrons. The molecular weight excluding hydrogens is 342 g/mol. The van der Waals surface area contributed by atoms with Crippen LogP contribution >= 0.6 is 11.6 Å². The molecule has 1 N–H and O–H groups in total. The van der Waals surface area contributed by atoms with E-state index in [1.54, 1.807) is 21.9 Å². The standard InChI is InChI=1S/C18H24ClN3O3/c1-13(15-3-5-16(19)6-4-15)20-17(24)7-8-18(25)22-11-9-21(10-12-22)14(2)23/h3-6,13H,7-12H2,1-2H3,(H,20,24)/t13-/m1/s1. The molecule has 0 saturated carbocycles. The average molecular weight is 366 g/mol. The van der Waals surface area contributed by atoms with Crippen molar-refractivity contribution in [1.29, 1.82) is 0 Å². The van der Waals surface area contributed by atoms with E-state index in [4.69, 9.17) is 11.6 Å². The minimum atomic E-state index is -0.154. The first kappa shape index (κ1) is 19.2. The van der Waals surface area contributed by atoms with Crippen molar-refractivity contribution in [2.75, 3.05) is 26.2 Å². The summed E-state index contributed by atoms with van der Waals surface area (Å²) in [5, 5.41) is 3.54. The van der Waals surface area contributed by atoms with Gasteiger partial charge in [-0.15, -0.1) is 0 Å². The summed E-state index contributed by atoms with van der Waals surface area (Å²) in [6, 6.07) is 7.16. The van der Waals surface area contributed by atoms with Crippen molar-refractivity contribution >= 4 is 29.3 Å². The molecule has 25 heavy (non-hydrogen) atoms. The molecule has 1 atom stereocenters. The first-order chi connectivity index (χ1) is 11.9. The number of hydrogen-bond donors (Lipinski definition) is 1. The van der Waals surface area contributed by atoms with Gasteiger partial charge in [-0.05, 0) is 24.6 Å². The molecule has 0 spiro atoms. The van der Waals surface area contributed by atoms with Gasteiger partial charge in [-0.3, -0.25) is 14.4 Å². The summed E-state index contributed by atoms with van der Waals surface area (Å²) in [5.74, 6) is -0.168. The van der Waals surface area contributed by atoms with Crippen molar-refractivity contribution in [1.82, 2.24) is 15.1 Å². The normalized spacial score (nSPS) is 15.6. The zero-order valence-corrected chi connectivity index (χ0v) is 15.4. The molecule has 1 fully saturated rings. The zero-order chi connectivity index (χ0) is 18.4. The molecule has 3 amide bonds. The first-order valence-corrected chi connectivity index (χ1v) is 8.82. The lowest BCUT2D eigenvalue weighted by molar-refractivity contribution is -0.139. The second-order valence-electron chi connectivity index (χ2n) is 6.23. The lowest BCUT2D eigenvalue weighted by Crippen LogP contribution is -2.50. The summed E-state index contributed by atoms with van der Waals surface area (Å²) in [4.78, 5) is 39.0. The van der Waals surface area contributed by atoms with Crippen molar-refractivity contribution in [2.45, 2.75) is 32.7 Å². The van der Waals surface area contributed by atoms with Crippen molar-refractivity contribution in [3.8, 4) is 0 Å². The van der Waals surface area contributed by atoms with Crippen molar-refractivity contribution in [2.24, 2.45) is 0 Å². The van der Waals surface area contributed by atoms with E-state index < -0.39 is 0 Å². The van der Waals surface area contributed by atoms with Crippen molar-refractivity contribution in [3.05, 3.63) is 34.9 Å². The Bertz CT molecular complexity index is 625. The van der Waals surface area contributed by atoms with Gasteiger partial charge in [-0.1, -0.05) is 23.7 Å². The molecule has 1 aromatic carbocycles. The number of carbonyl (C=O) groups excluding carboxylic acids is 3. The number of halogens is 1. The monoisotopic (exact) mass is 365 g/mol. The van der Waals surface area contributed by atoms with Crippen LogP contribution in [0.5, 0.6) is 0 Å². The number of rotatable bonds is 5. The van der Waals surface area contributed by atoms with Crippen LogP contribution in [0.1, 0.15) is 38.3 Å². The van der Waals surface area contributed by atoms with Crippen molar-refractivity contribution in [3.63, 3.8) is 0 Å². The molecule has 2 rings (SSSR count). The molecule has 1 heterocycles. The topological polar surface area (TPSA) is 69.7 Å². The van der Waals surface area contributed by atoms with Gasteiger partial charge in [-0.2, -0.15) is 0 Å². The fourth-order valence-electron chi connectivity index (χ4n) is 2.80. The highest BCUT2D eigenvalue weighted by Gasteiger charge is 2.22. The maximum atomic E-state index is 12.2. The lowest BCUT2D eigenvalue weighted by atomic mass is 10.1. The SMILES string of the molecule is CC(=O)N1CCN(C(=O)CCC(=O)N[C@H](C)c2ccc(Cl)cc2)CC1. The summed E-state index contributed by atoms with van der Waals surface area (Å²) in [6.45, 7) is 5.60. The van der Waals surface area contributed by atoms with Crippen LogP contribution in [-0.4, -0.2) is 53.7 Å². The van der Waals surface area contributed by atoms with Gasteiger partial charge >= 0.3 is 0 Å². The Labute approximate surface area is 153 Å². The predicted molar refractivity (Wildman–Crippen MR) is 96.1 cm³/mol. The second-order valence-corrected chi connectivity index (χ2v) is 6.66. The molecule has 0 aliphatic carbocycles. The van der Waals surface area contributed by atoms with Crippen molar-refractivity contribution < 1.29 is 14.4 Å². The molecule has 1 aliphatic rings. The van der Waals surface area contributed by atoms with E-state index in [9.17, 15) is 14.4 Å². The van der Waals surface area contributed by atoms with Crippen LogP contribution in [0, 0.1) is 0 Å². The Hall–Kier alpha value is -2.08. The number of carbonyl (C=O) groups is 3. The molecule has 0 radical (unpaired) electrons. The van der Waals surface area contributed by atoms with Crippen LogP contribution in [0.2, 0.25) is 5.02 Å². The lowest BCUT2D eigenvalue weighted by Gasteiger charge is -2.34. The zero-order valence-electron chi connectivity index (χ0n) is 14.6. The summed E-state index contributed by atoms with van der Waals surface area (Å²) >= 11 is 5.86. The fourth-order valence-corrected chi connectivity index (χ4v) is 2.92. The molecule has 1 saturated heterocycles. The number of nitrogens with zero attached hydrogens (tertiary/aromatic N) is 2. The molecule has 0 bridgehead atoms. The highest BCUT2D eigenvalue weighted by atomic mass is 35.5. The molecule has 6 nitrogen and oxygen atoms in total. The molecule has 1 aliphatic heterocycles. The van der Waals surface area contributed by atoms with Crippen LogP contribution in [-0.2, 0) is 14.4 Å². The molecular formula is C18H24ClN3O3. The Morgan fingerprint density at radius 2 is 1.60 bits per heavy atom. The number of piperazine rings is 1. The summed E-state index contributed by atoms with van der Waals surface area (Å²) in [7, 11) is 0. The number of benzene rings is 1. The van der Waals surface area contributed by atoms with E-state index >= 15 is 0 Å². The van der Waals surface area contributed by atoms with E-state index in [0.717, 1.165) is 5.56 Å². The molecule has 0 aromatic heterocycles. The Balaban J connectivity index is 1.73. The van der Waals surface area contributed by atoms with Gasteiger partial charge in [0.2, 0.25) is 17.7 Å². The Morgan fingerprint density at radius 3 is 2.16 bits per heavy atom. The number of hydrogen-bond acceptors (Lipinski definition) is 3. The predicted octanol–water partition coefficient (Wildman–Crippen LogP) is 1.99. The minimum absolute atomic E-state index is 0.0302. The molecule has 1 aromatic rings. The quantitative estimate of drug-likeness (QED) is 0.867. The van der Waals surface area contributed by atoms with E-state index in [-0.39, 0.29) is 36.6 Å². The van der Waals surface area contributed by atoms with Gasteiger partial charge in [-0.25, -0.2) is 0 Å². The van der Waals surface area contributed by atoms with E-state index in [0.29, 0.717) is 31.2 Å². The van der Waals surface area contributed by atoms with Crippen LogP contribution in [0.3, 0.4) is 0 Å². The van der Waals surface area contributed by atoms with E-state index in [1.165, 1.54) is 6.92 Å². The van der Waals surface area contributed by atoms with Gasteiger partial charge in [0.25, 0.3) is 0 Å². The van der Waals surface area contributed by atoms with Gasteiger partial charge in [0.15, 0.2) is 0 Å². The molecule has 0 unspecified atom stereocenters. The maximum Gasteiger partial charge on any atom is 0.223 e. The van der Waals surface area contributed by atoms with E-state index in [1.807, 2.05) is 19.1 Å². The average Bonchev–Trinajstić information content (AvgIpc) is 2.60. The number of nitrogens with one attached hydrogen (secondary N) is 1. The third kappa shape index (κ3) is 5.74. The summed E-state index contributed by atoms with van der Waals surface area (Å²) < 4.78 is 0. The summed E-state index contributed by atoms with van der Waals surface area (Å²) in [6.07, 6.45) is 0.336. The van der Waals surface area contributed by atoms with Crippen LogP contribution in [0.4, 0.5) is 0 Å². The largest absolute Gasteiger partial charge is 0.350 e. The third-order valence-electron chi connectivity index (χ3n) is 4.39. The van der Waals surface area contributed by atoms with Gasteiger partial charge < -0.3 is 15.1 Å². The van der Waals surface area contributed by atoms with Crippen LogP contribution in [0.15, 0.2) is 24.3 Å². The van der Waals surface area contributed by atoms with Gasteiger partial charge in [0.05, 0.1) is 6.04 Å². The Kier molecular flexibility index (Phi) is 6.82. The highest BCUT2D eigenvalue weighted by Crippen LogP contribution is 2.16. The summed E-state index contributed by atoms with van der Waals surface area (Å²) in [5.41, 5.74) is 0.962. The number of amides is 3. The molecule has 7 heteroatoms. The minimum Gasteiger partial charge on any atom is -0.350 e. The van der Waals surface area contributed by atoms with Gasteiger partial charge in [0, 0.05) is 51.0 Å². The maximum absolute atomic E-state index is 12.2. The Morgan fingerprint density at radius 1 is 1.04 bits per heavy atom. The van der Waals surface area contributed by atoms with Gasteiger partial charge in [0.1, 0.15) is 0 Å². The second kappa shape index (κ2) is 8.85. The fraction of sp³-hybridized carbons (Fsp3) is 0.500. The van der Waals surface area contributed by atoms with Crippen LogP contribution in [0.25, 0.3) is 0 Å². The van der Waals surface area contributed by atoms with Crippen LogP contribution < -0.4 is 5.32 Å². The highest BCUT2D eigenvalue weighted by molar-refractivity contribution is 6.30.